The van der Waals surface area contributed by atoms with Crippen molar-refractivity contribution in [2.45, 2.75) is 30.9 Å². The van der Waals surface area contributed by atoms with E-state index in [1.54, 1.807) is 4.90 Å². The summed E-state index contributed by atoms with van der Waals surface area (Å²) < 4.78 is 0. The molecule has 7 heteroatoms. The SMILES string of the molecule is Cc1cc(C)cc(N2C(=O)[C@H](C)S[C@]23C(=O)N(CN2CCN(c4ccccc4)CC2)c2ccccc23)c1. The molecule has 0 saturated carbocycles. The molecule has 0 aromatic heterocycles. The van der Waals surface area contributed by atoms with Crippen LogP contribution in [0.3, 0.4) is 0 Å². The molecule has 2 fully saturated rings. The molecule has 0 N–H and O–H groups in total. The van der Waals surface area contributed by atoms with Crippen LogP contribution in [0.4, 0.5) is 17.1 Å². The van der Waals surface area contributed by atoms with Crippen molar-refractivity contribution in [2.75, 3.05) is 47.5 Å². The number of para-hydroxylation sites is 2. The van der Waals surface area contributed by atoms with E-state index in [2.05, 4.69) is 40.1 Å². The van der Waals surface area contributed by atoms with Crippen LogP contribution >= 0.6 is 11.8 Å². The van der Waals surface area contributed by atoms with Crippen LogP contribution in [0.5, 0.6) is 0 Å². The van der Waals surface area contributed by atoms with Crippen molar-refractivity contribution in [3.05, 3.63) is 89.5 Å². The molecular formula is C30H32N4O2S. The van der Waals surface area contributed by atoms with Gasteiger partial charge < -0.3 is 4.90 Å². The average molecular weight is 513 g/mol. The molecule has 6 rings (SSSR count). The lowest BCUT2D eigenvalue weighted by atomic mass is 10.0. The summed E-state index contributed by atoms with van der Waals surface area (Å²) in [4.78, 5) is 35.4. The fraction of sp³-hybridized carbons (Fsp3) is 0.333. The number of benzene rings is 3. The summed E-state index contributed by atoms with van der Waals surface area (Å²) in [6.45, 7) is 10.1. The maximum Gasteiger partial charge on any atom is 0.269 e. The van der Waals surface area contributed by atoms with Gasteiger partial charge in [0.1, 0.15) is 0 Å². The number of carbonyl (C=O) groups is 2. The summed E-state index contributed by atoms with van der Waals surface area (Å²) in [5, 5.41) is -0.313. The van der Waals surface area contributed by atoms with Gasteiger partial charge in [-0.1, -0.05) is 42.5 Å². The Morgan fingerprint density at radius 2 is 1.49 bits per heavy atom. The van der Waals surface area contributed by atoms with Crippen molar-refractivity contribution < 1.29 is 9.59 Å². The van der Waals surface area contributed by atoms with E-state index >= 15 is 0 Å². The Balaban J connectivity index is 1.32. The molecule has 3 aliphatic rings. The van der Waals surface area contributed by atoms with Gasteiger partial charge >= 0.3 is 0 Å². The molecule has 0 radical (unpaired) electrons. The lowest BCUT2D eigenvalue weighted by Gasteiger charge is -2.38. The highest BCUT2D eigenvalue weighted by Gasteiger charge is 2.63. The Labute approximate surface area is 222 Å². The summed E-state index contributed by atoms with van der Waals surface area (Å²) in [5.74, 6) is -0.0440. The molecule has 0 aliphatic carbocycles. The highest BCUT2D eigenvalue weighted by molar-refractivity contribution is 8.03. The smallest absolute Gasteiger partial charge is 0.269 e. The van der Waals surface area contributed by atoms with Crippen LogP contribution in [0.15, 0.2) is 72.8 Å². The molecule has 3 aromatic rings. The van der Waals surface area contributed by atoms with Crippen LogP contribution in [-0.4, -0.2) is 54.8 Å². The Kier molecular flexibility index (Phi) is 6.00. The van der Waals surface area contributed by atoms with Crippen molar-refractivity contribution in [3.63, 3.8) is 0 Å². The first-order chi connectivity index (χ1) is 17.9. The van der Waals surface area contributed by atoms with Gasteiger partial charge in [0.25, 0.3) is 5.91 Å². The Bertz CT molecular complexity index is 1330. The summed E-state index contributed by atoms with van der Waals surface area (Å²) >= 11 is 1.47. The second-order valence-electron chi connectivity index (χ2n) is 10.3. The standard InChI is InChI=1S/C30H32N4O2S/c1-21-17-22(2)19-25(18-21)34-28(35)23(3)37-30(34)26-11-7-8-12-27(26)33(29(30)36)20-31-13-15-32(16-14-31)24-9-5-4-6-10-24/h4-12,17-19,23H,13-16,20H2,1-3H3/t23-,30+/m0/s1. The van der Waals surface area contributed by atoms with Crippen molar-refractivity contribution >= 4 is 40.6 Å². The number of piperazine rings is 1. The number of nitrogens with zero attached hydrogens (tertiary/aromatic N) is 4. The fourth-order valence-electron chi connectivity index (χ4n) is 5.94. The number of aryl methyl sites for hydroxylation is 2. The van der Waals surface area contributed by atoms with E-state index < -0.39 is 4.87 Å². The minimum atomic E-state index is -1.08. The second kappa shape index (κ2) is 9.23. The van der Waals surface area contributed by atoms with Crippen LogP contribution in [0.25, 0.3) is 0 Å². The molecule has 3 aliphatic heterocycles. The minimum absolute atomic E-state index is 0.0171. The topological polar surface area (TPSA) is 47.1 Å². The summed E-state index contributed by atoms with van der Waals surface area (Å²) in [6.07, 6.45) is 0. The van der Waals surface area contributed by atoms with E-state index in [4.69, 9.17) is 0 Å². The Morgan fingerprint density at radius 3 is 2.19 bits per heavy atom. The molecule has 190 valence electrons. The van der Waals surface area contributed by atoms with Crippen molar-refractivity contribution in [2.24, 2.45) is 0 Å². The van der Waals surface area contributed by atoms with Crippen molar-refractivity contribution in [3.8, 4) is 0 Å². The monoisotopic (exact) mass is 512 g/mol. The molecule has 1 spiro atoms. The minimum Gasteiger partial charge on any atom is -0.369 e. The van der Waals surface area contributed by atoms with E-state index in [1.807, 2.05) is 68.1 Å². The van der Waals surface area contributed by atoms with Crippen LogP contribution in [0, 0.1) is 13.8 Å². The van der Waals surface area contributed by atoms with Gasteiger partial charge in [-0.15, -0.1) is 11.8 Å². The zero-order valence-corrected chi connectivity index (χ0v) is 22.4. The van der Waals surface area contributed by atoms with Gasteiger partial charge in [0.15, 0.2) is 0 Å². The van der Waals surface area contributed by atoms with Crippen LogP contribution in [0.2, 0.25) is 0 Å². The molecule has 0 bridgehead atoms. The van der Waals surface area contributed by atoms with E-state index in [9.17, 15) is 9.59 Å². The fourth-order valence-corrected chi connectivity index (χ4v) is 7.47. The summed E-state index contributed by atoms with van der Waals surface area (Å²) in [6, 6.07) is 24.6. The molecule has 0 unspecified atom stereocenters. The third-order valence-electron chi connectivity index (χ3n) is 7.63. The zero-order chi connectivity index (χ0) is 25.7. The summed E-state index contributed by atoms with van der Waals surface area (Å²) in [7, 11) is 0. The van der Waals surface area contributed by atoms with Gasteiger partial charge in [0.05, 0.1) is 17.6 Å². The largest absolute Gasteiger partial charge is 0.369 e. The van der Waals surface area contributed by atoms with Crippen molar-refractivity contribution in [1.82, 2.24) is 4.90 Å². The maximum absolute atomic E-state index is 14.5. The number of anilines is 3. The molecule has 2 amide bonds. The molecule has 3 aromatic carbocycles. The van der Waals surface area contributed by atoms with Gasteiger partial charge in [-0.05, 0) is 62.2 Å². The van der Waals surface area contributed by atoms with Crippen LogP contribution < -0.4 is 14.7 Å². The number of amides is 2. The Hall–Kier alpha value is -3.29. The van der Waals surface area contributed by atoms with Gasteiger partial charge in [0, 0.05) is 43.1 Å². The molecular weight excluding hydrogens is 480 g/mol. The van der Waals surface area contributed by atoms with E-state index in [0.717, 1.165) is 54.2 Å². The molecule has 2 saturated heterocycles. The first-order valence-electron chi connectivity index (χ1n) is 12.9. The normalized spacial score (nSPS) is 23.9. The third kappa shape index (κ3) is 3.92. The van der Waals surface area contributed by atoms with E-state index in [0.29, 0.717) is 6.67 Å². The van der Waals surface area contributed by atoms with Crippen LogP contribution in [0.1, 0.15) is 23.6 Å². The highest BCUT2D eigenvalue weighted by Crippen LogP contribution is 2.57. The molecule has 6 nitrogen and oxygen atoms in total. The first-order valence-corrected chi connectivity index (χ1v) is 13.8. The number of hydrogen-bond acceptors (Lipinski definition) is 5. The number of hydrogen-bond donors (Lipinski definition) is 0. The maximum atomic E-state index is 14.5. The third-order valence-corrected chi connectivity index (χ3v) is 9.10. The molecule has 37 heavy (non-hydrogen) atoms. The Morgan fingerprint density at radius 1 is 0.838 bits per heavy atom. The number of rotatable bonds is 4. The lowest BCUT2D eigenvalue weighted by molar-refractivity contribution is -0.124. The first kappa shape index (κ1) is 24.1. The van der Waals surface area contributed by atoms with Gasteiger partial charge in [-0.3, -0.25) is 24.3 Å². The van der Waals surface area contributed by atoms with E-state index in [-0.39, 0.29) is 17.1 Å². The predicted molar refractivity (Wildman–Crippen MR) is 151 cm³/mol. The lowest BCUT2D eigenvalue weighted by Crippen LogP contribution is -2.54. The van der Waals surface area contributed by atoms with Gasteiger partial charge in [-0.2, -0.15) is 0 Å². The number of thioether (sulfide) groups is 1. The quantitative estimate of drug-likeness (QED) is 0.505. The van der Waals surface area contributed by atoms with Crippen LogP contribution in [-0.2, 0) is 14.5 Å². The zero-order valence-electron chi connectivity index (χ0n) is 21.6. The number of fused-ring (bicyclic) bond motifs is 2. The van der Waals surface area contributed by atoms with Gasteiger partial charge in [0.2, 0.25) is 10.8 Å². The molecule has 2 atom stereocenters. The second-order valence-corrected chi connectivity index (χ2v) is 11.8. The number of carbonyl (C=O) groups excluding carboxylic acids is 2. The predicted octanol–water partition coefficient (Wildman–Crippen LogP) is 4.75. The van der Waals surface area contributed by atoms with Crippen molar-refractivity contribution in [1.29, 1.82) is 0 Å². The van der Waals surface area contributed by atoms with Gasteiger partial charge in [-0.25, -0.2) is 0 Å². The average Bonchev–Trinajstić information content (AvgIpc) is 3.30. The molecule has 3 heterocycles. The highest BCUT2D eigenvalue weighted by atomic mass is 32.2. The van der Waals surface area contributed by atoms with E-state index in [1.165, 1.54) is 17.4 Å². The summed E-state index contributed by atoms with van der Waals surface area (Å²) in [5.41, 5.74) is 6.00.